The third kappa shape index (κ3) is 4.66. The van der Waals surface area contributed by atoms with E-state index in [0.29, 0.717) is 22.0 Å². The largest absolute Gasteiger partial charge is 0.416 e. The number of carbonyl (C=O) groups excluding carboxylic acids is 1. The second-order valence-corrected chi connectivity index (χ2v) is 6.95. The predicted octanol–water partition coefficient (Wildman–Crippen LogP) is 5.82. The molecule has 0 aliphatic rings. The van der Waals surface area contributed by atoms with Gasteiger partial charge >= 0.3 is 6.18 Å². The minimum Gasteiger partial charge on any atom is -0.319 e. The zero-order chi connectivity index (χ0) is 20.5. The van der Waals surface area contributed by atoms with Gasteiger partial charge in [0.15, 0.2) is 0 Å². The number of nitrogens with one attached hydrogen (secondary N) is 1. The smallest absolute Gasteiger partial charge is 0.319 e. The summed E-state index contributed by atoms with van der Waals surface area (Å²) >= 11 is 11.9. The molecule has 0 saturated carbocycles. The molecule has 0 aliphatic carbocycles. The van der Waals surface area contributed by atoms with E-state index in [4.69, 9.17) is 23.2 Å². The SMILES string of the molecule is Cc1cc(C(=O)Nc2ccc(Cl)cc2Cl)n(Cc2cccc(C(F)(F)F)c2)n1. The number of carbonyl (C=O) groups is 1. The van der Waals surface area contributed by atoms with Crippen LogP contribution in [-0.4, -0.2) is 15.7 Å². The molecule has 0 atom stereocenters. The van der Waals surface area contributed by atoms with Gasteiger partial charge in [-0.3, -0.25) is 9.48 Å². The highest BCUT2D eigenvalue weighted by Crippen LogP contribution is 2.30. The van der Waals surface area contributed by atoms with Gasteiger partial charge in [-0.25, -0.2) is 0 Å². The van der Waals surface area contributed by atoms with E-state index >= 15 is 0 Å². The number of alkyl halides is 3. The van der Waals surface area contributed by atoms with Gasteiger partial charge < -0.3 is 5.32 Å². The minimum absolute atomic E-state index is 0.00879. The highest BCUT2D eigenvalue weighted by molar-refractivity contribution is 6.36. The molecule has 1 aromatic heterocycles. The second-order valence-electron chi connectivity index (χ2n) is 6.11. The Morgan fingerprint density at radius 3 is 2.57 bits per heavy atom. The molecule has 28 heavy (non-hydrogen) atoms. The maximum absolute atomic E-state index is 12.9. The summed E-state index contributed by atoms with van der Waals surface area (Å²) in [5, 5.41) is 7.57. The number of benzene rings is 2. The Hall–Kier alpha value is -2.51. The Labute approximate surface area is 168 Å². The molecule has 0 bridgehead atoms. The molecule has 9 heteroatoms. The summed E-state index contributed by atoms with van der Waals surface area (Å²) < 4.78 is 40.1. The minimum atomic E-state index is -4.44. The summed E-state index contributed by atoms with van der Waals surface area (Å²) in [5.41, 5.74) is 0.727. The maximum Gasteiger partial charge on any atom is 0.416 e. The van der Waals surface area contributed by atoms with E-state index in [1.807, 2.05) is 0 Å². The molecule has 0 fully saturated rings. The molecule has 0 radical (unpaired) electrons. The summed E-state index contributed by atoms with van der Waals surface area (Å²) in [4.78, 5) is 12.7. The molecule has 3 aromatic rings. The standard InChI is InChI=1S/C19H14Cl2F3N3O/c1-11-7-17(18(28)25-16-6-5-14(20)9-15(16)21)27(26-11)10-12-3-2-4-13(8-12)19(22,23)24/h2-9H,10H2,1H3,(H,25,28). The number of hydrogen-bond acceptors (Lipinski definition) is 2. The van der Waals surface area contributed by atoms with E-state index in [0.717, 1.165) is 12.1 Å². The van der Waals surface area contributed by atoms with Crippen molar-refractivity contribution in [3.05, 3.63) is 81.1 Å². The number of aromatic nitrogens is 2. The Kier molecular flexibility index (Phi) is 5.67. The van der Waals surface area contributed by atoms with Crippen molar-refractivity contribution in [2.24, 2.45) is 0 Å². The molecule has 146 valence electrons. The zero-order valence-electron chi connectivity index (χ0n) is 14.5. The number of nitrogens with zero attached hydrogens (tertiary/aromatic N) is 2. The Morgan fingerprint density at radius 1 is 1.14 bits per heavy atom. The van der Waals surface area contributed by atoms with Gasteiger partial charge in [-0.1, -0.05) is 35.3 Å². The summed E-state index contributed by atoms with van der Waals surface area (Å²) in [5.74, 6) is -0.489. The van der Waals surface area contributed by atoms with Crippen molar-refractivity contribution in [2.75, 3.05) is 5.32 Å². The molecule has 1 N–H and O–H groups in total. The average Bonchev–Trinajstić information content (AvgIpc) is 2.97. The summed E-state index contributed by atoms with van der Waals surface area (Å²) in [6, 6.07) is 11.1. The van der Waals surface area contributed by atoms with Crippen LogP contribution in [0.3, 0.4) is 0 Å². The van der Waals surface area contributed by atoms with Crippen LogP contribution in [0.2, 0.25) is 10.0 Å². The first-order valence-electron chi connectivity index (χ1n) is 8.10. The van der Waals surface area contributed by atoms with Crippen molar-refractivity contribution in [2.45, 2.75) is 19.6 Å². The fourth-order valence-electron chi connectivity index (χ4n) is 2.64. The number of anilines is 1. The van der Waals surface area contributed by atoms with Crippen molar-refractivity contribution in [3.8, 4) is 0 Å². The van der Waals surface area contributed by atoms with Gasteiger partial charge in [0.1, 0.15) is 5.69 Å². The second kappa shape index (κ2) is 7.85. The third-order valence-corrected chi connectivity index (χ3v) is 4.45. The van der Waals surface area contributed by atoms with E-state index in [2.05, 4.69) is 10.4 Å². The van der Waals surface area contributed by atoms with Crippen LogP contribution >= 0.6 is 23.2 Å². The summed E-state index contributed by atoms with van der Waals surface area (Å²) in [6.45, 7) is 1.70. The normalized spacial score (nSPS) is 11.5. The zero-order valence-corrected chi connectivity index (χ0v) is 16.0. The molecule has 1 amide bonds. The van der Waals surface area contributed by atoms with Gasteiger partial charge in [-0.15, -0.1) is 0 Å². The van der Waals surface area contributed by atoms with Crippen LogP contribution < -0.4 is 5.32 Å². The summed E-state index contributed by atoms with van der Waals surface area (Å²) in [6.07, 6.45) is -4.44. The first-order chi connectivity index (χ1) is 13.1. The fraction of sp³-hybridized carbons (Fsp3) is 0.158. The molecule has 0 aliphatic heterocycles. The van der Waals surface area contributed by atoms with Crippen molar-refractivity contribution in [3.63, 3.8) is 0 Å². The van der Waals surface area contributed by atoms with Gasteiger partial charge in [0.25, 0.3) is 5.91 Å². The van der Waals surface area contributed by atoms with Crippen LogP contribution in [0.4, 0.5) is 18.9 Å². The molecule has 2 aromatic carbocycles. The number of halogens is 5. The molecule has 1 heterocycles. The van der Waals surface area contributed by atoms with Crippen LogP contribution in [-0.2, 0) is 12.7 Å². The lowest BCUT2D eigenvalue weighted by Gasteiger charge is -2.11. The van der Waals surface area contributed by atoms with E-state index in [1.165, 1.54) is 16.8 Å². The van der Waals surface area contributed by atoms with E-state index < -0.39 is 17.6 Å². The Bertz CT molecular complexity index is 1030. The average molecular weight is 428 g/mol. The molecule has 3 rings (SSSR count). The van der Waals surface area contributed by atoms with Crippen molar-refractivity contribution >= 4 is 34.8 Å². The van der Waals surface area contributed by atoms with Crippen LogP contribution in [0, 0.1) is 6.92 Å². The first kappa shape index (κ1) is 20.2. The summed E-state index contributed by atoms with van der Waals surface area (Å²) in [7, 11) is 0. The van der Waals surface area contributed by atoms with Gasteiger partial charge in [0.2, 0.25) is 0 Å². The van der Waals surface area contributed by atoms with E-state index in [-0.39, 0.29) is 17.3 Å². The Morgan fingerprint density at radius 2 is 1.89 bits per heavy atom. The highest BCUT2D eigenvalue weighted by Gasteiger charge is 2.30. The lowest BCUT2D eigenvalue weighted by atomic mass is 10.1. The fourth-order valence-corrected chi connectivity index (χ4v) is 3.10. The highest BCUT2D eigenvalue weighted by atomic mass is 35.5. The van der Waals surface area contributed by atoms with Gasteiger partial charge in [-0.05, 0) is 48.9 Å². The van der Waals surface area contributed by atoms with E-state index in [9.17, 15) is 18.0 Å². The van der Waals surface area contributed by atoms with E-state index in [1.54, 1.807) is 31.2 Å². The Balaban J connectivity index is 1.86. The van der Waals surface area contributed by atoms with Crippen molar-refractivity contribution in [1.29, 1.82) is 0 Å². The number of hydrogen-bond donors (Lipinski definition) is 1. The lowest BCUT2D eigenvalue weighted by Crippen LogP contribution is -2.18. The lowest BCUT2D eigenvalue weighted by molar-refractivity contribution is -0.137. The van der Waals surface area contributed by atoms with Crippen molar-refractivity contribution in [1.82, 2.24) is 9.78 Å². The molecule has 0 spiro atoms. The topological polar surface area (TPSA) is 46.9 Å². The number of aryl methyl sites for hydroxylation is 1. The van der Waals surface area contributed by atoms with Crippen LogP contribution in [0.15, 0.2) is 48.5 Å². The van der Waals surface area contributed by atoms with Gasteiger partial charge in [0, 0.05) is 5.02 Å². The molecular formula is C19H14Cl2F3N3O. The van der Waals surface area contributed by atoms with Gasteiger partial charge in [-0.2, -0.15) is 18.3 Å². The number of amides is 1. The first-order valence-corrected chi connectivity index (χ1v) is 8.86. The molecule has 0 unspecified atom stereocenters. The van der Waals surface area contributed by atoms with Crippen LogP contribution in [0.25, 0.3) is 0 Å². The monoisotopic (exact) mass is 427 g/mol. The van der Waals surface area contributed by atoms with Crippen molar-refractivity contribution < 1.29 is 18.0 Å². The maximum atomic E-state index is 12.9. The van der Waals surface area contributed by atoms with Crippen LogP contribution in [0.5, 0.6) is 0 Å². The molecule has 0 saturated heterocycles. The predicted molar refractivity (Wildman–Crippen MR) is 102 cm³/mol. The van der Waals surface area contributed by atoms with Gasteiger partial charge in [0.05, 0.1) is 28.5 Å². The van der Waals surface area contributed by atoms with Crippen LogP contribution in [0.1, 0.15) is 27.3 Å². The molecule has 4 nitrogen and oxygen atoms in total. The third-order valence-electron chi connectivity index (χ3n) is 3.90. The quantitative estimate of drug-likeness (QED) is 0.570. The number of rotatable bonds is 4. The molecular weight excluding hydrogens is 414 g/mol.